The van der Waals surface area contributed by atoms with Gasteiger partial charge in [-0.15, -0.1) is 0 Å². The number of nitrogens with zero attached hydrogens (tertiary/aromatic N) is 3. The Labute approximate surface area is 184 Å². The Balaban J connectivity index is 1.66. The summed E-state index contributed by atoms with van der Waals surface area (Å²) in [6.45, 7) is 3.73. The molecule has 0 radical (unpaired) electrons. The van der Waals surface area contributed by atoms with E-state index in [2.05, 4.69) is 32.8 Å². The first-order valence-electron chi connectivity index (χ1n) is 10.4. The largest absolute Gasteiger partial charge is 0.433 e. The van der Waals surface area contributed by atoms with Crippen LogP contribution in [0, 0.1) is 5.92 Å². The molecule has 0 bridgehead atoms. The molecule has 1 saturated heterocycles. The van der Waals surface area contributed by atoms with E-state index in [4.69, 9.17) is 5.11 Å². The summed E-state index contributed by atoms with van der Waals surface area (Å²) in [7, 11) is 0. The second-order valence-electron chi connectivity index (χ2n) is 7.74. The van der Waals surface area contributed by atoms with Gasteiger partial charge in [0.25, 0.3) is 0 Å². The maximum Gasteiger partial charge on any atom is 0.433 e. The molecule has 174 valence electrons. The second kappa shape index (κ2) is 10.5. The number of aromatic nitrogens is 2. The van der Waals surface area contributed by atoms with E-state index in [1.165, 1.54) is 12.3 Å². The molecule has 1 fully saturated rings. The SMILES string of the molecule is CC1CCN(c2nc(C(F)(F)F)ccc2CNC(=O)Nc2ccc(NCCO)nc2)CC1. The molecule has 2 aromatic heterocycles. The van der Waals surface area contributed by atoms with Gasteiger partial charge in [-0.25, -0.2) is 14.8 Å². The second-order valence-corrected chi connectivity index (χ2v) is 7.74. The van der Waals surface area contributed by atoms with Gasteiger partial charge in [0.15, 0.2) is 0 Å². The van der Waals surface area contributed by atoms with Gasteiger partial charge in [-0.2, -0.15) is 13.2 Å². The Morgan fingerprint density at radius 2 is 1.97 bits per heavy atom. The first-order chi connectivity index (χ1) is 15.3. The molecule has 8 nitrogen and oxygen atoms in total. The topological polar surface area (TPSA) is 102 Å². The van der Waals surface area contributed by atoms with Crippen molar-refractivity contribution in [2.45, 2.75) is 32.5 Å². The number of aliphatic hydroxyl groups is 1. The molecule has 3 rings (SSSR count). The molecule has 3 heterocycles. The molecular weight excluding hydrogens is 425 g/mol. The van der Waals surface area contributed by atoms with Crippen LogP contribution < -0.4 is 20.9 Å². The molecule has 0 aromatic carbocycles. The number of aliphatic hydroxyl groups excluding tert-OH is 1. The summed E-state index contributed by atoms with van der Waals surface area (Å²) in [5.74, 6) is 1.33. The van der Waals surface area contributed by atoms with Crippen molar-refractivity contribution in [2.75, 3.05) is 41.8 Å². The third-order valence-electron chi connectivity index (χ3n) is 5.21. The maximum absolute atomic E-state index is 13.2. The third-order valence-corrected chi connectivity index (χ3v) is 5.21. The lowest BCUT2D eigenvalue weighted by atomic mass is 9.99. The number of halogens is 3. The molecule has 1 aliphatic rings. The summed E-state index contributed by atoms with van der Waals surface area (Å²) in [6.07, 6.45) is -1.32. The van der Waals surface area contributed by atoms with Crippen LogP contribution in [0.1, 0.15) is 31.0 Å². The summed E-state index contributed by atoms with van der Waals surface area (Å²) in [6, 6.07) is 5.09. The average molecular weight is 452 g/mol. The molecule has 1 aliphatic heterocycles. The molecule has 32 heavy (non-hydrogen) atoms. The van der Waals surface area contributed by atoms with E-state index in [1.54, 1.807) is 12.1 Å². The van der Waals surface area contributed by atoms with Crippen LogP contribution in [0.3, 0.4) is 0 Å². The number of anilines is 3. The molecular formula is C21H27F3N6O2. The maximum atomic E-state index is 13.2. The van der Waals surface area contributed by atoms with Crippen molar-refractivity contribution in [3.8, 4) is 0 Å². The van der Waals surface area contributed by atoms with Crippen LogP contribution in [0.15, 0.2) is 30.5 Å². The average Bonchev–Trinajstić information content (AvgIpc) is 2.77. The van der Waals surface area contributed by atoms with Gasteiger partial charge in [-0.05, 0) is 37.0 Å². The summed E-state index contributed by atoms with van der Waals surface area (Å²) in [5, 5.41) is 17.0. The predicted octanol–water partition coefficient (Wildman–Crippen LogP) is 3.46. The summed E-state index contributed by atoms with van der Waals surface area (Å²) in [4.78, 5) is 22.1. The predicted molar refractivity (Wildman–Crippen MR) is 116 cm³/mol. The highest BCUT2D eigenvalue weighted by atomic mass is 19.4. The molecule has 0 unspecified atom stereocenters. The number of hydrogen-bond acceptors (Lipinski definition) is 6. The zero-order chi connectivity index (χ0) is 23.1. The number of amides is 2. The Hall–Kier alpha value is -3.08. The Bertz CT molecular complexity index is 899. The number of hydrogen-bond donors (Lipinski definition) is 4. The first-order valence-corrected chi connectivity index (χ1v) is 10.4. The van der Waals surface area contributed by atoms with E-state index in [0.717, 1.165) is 18.9 Å². The van der Waals surface area contributed by atoms with Crippen molar-refractivity contribution < 1.29 is 23.1 Å². The smallest absolute Gasteiger partial charge is 0.395 e. The molecule has 4 N–H and O–H groups in total. The van der Waals surface area contributed by atoms with Gasteiger partial charge in [0, 0.05) is 31.7 Å². The van der Waals surface area contributed by atoms with Crippen molar-refractivity contribution >= 4 is 23.4 Å². The van der Waals surface area contributed by atoms with Crippen LogP contribution in [0.2, 0.25) is 0 Å². The lowest BCUT2D eigenvalue weighted by molar-refractivity contribution is -0.141. The van der Waals surface area contributed by atoms with Gasteiger partial charge >= 0.3 is 12.2 Å². The molecule has 0 saturated carbocycles. The standard InChI is InChI=1S/C21H27F3N6O2/c1-14-6-9-30(10-7-14)19-15(2-4-17(29-19)21(22,23)24)12-27-20(32)28-16-3-5-18(26-13-16)25-8-11-31/h2-5,13-14,31H,6-12H2,1H3,(H,25,26)(H2,27,28,32). The molecule has 0 spiro atoms. The lowest BCUT2D eigenvalue weighted by Crippen LogP contribution is -2.35. The van der Waals surface area contributed by atoms with Crippen LogP contribution in [0.4, 0.5) is 35.3 Å². The van der Waals surface area contributed by atoms with Gasteiger partial charge < -0.3 is 26.0 Å². The minimum atomic E-state index is -4.54. The molecule has 2 aromatic rings. The van der Waals surface area contributed by atoms with Gasteiger partial charge in [-0.1, -0.05) is 13.0 Å². The van der Waals surface area contributed by atoms with Crippen LogP contribution >= 0.6 is 0 Å². The number of urea groups is 1. The first kappa shape index (κ1) is 23.6. The van der Waals surface area contributed by atoms with Gasteiger partial charge in [0.1, 0.15) is 17.3 Å². The Morgan fingerprint density at radius 3 is 2.59 bits per heavy atom. The monoisotopic (exact) mass is 452 g/mol. The van der Waals surface area contributed by atoms with Gasteiger partial charge in [0.05, 0.1) is 18.5 Å². The Kier molecular flexibility index (Phi) is 7.73. The fourth-order valence-corrected chi connectivity index (χ4v) is 3.37. The van der Waals surface area contributed by atoms with E-state index >= 15 is 0 Å². The Morgan fingerprint density at radius 1 is 1.22 bits per heavy atom. The van der Waals surface area contributed by atoms with Crippen LogP contribution in [-0.2, 0) is 12.7 Å². The zero-order valence-electron chi connectivity index (χ0n) is 17.7. The number of nitrogens with one attached hydrogen (secondary N) is 3. The number of alkyl halides is 3. The fourth-order valence-electron chi connectivity index (χ4n) is 3.37. The van der Waals surface area contributed by atoms with E-state index < -0.39 is 17.9 Å². The molecule has 11 heteroatoms. The quantitative estimate of drug-likeness (QED) is 0.513. The van der Waals surface area contributed by atoms with Crippen LogP contribution in [0.25, 0.3) is 0 Å². The zero-order valence-corrected chi connectivity index (χ0v) is 17.7. The summed E-state index contributed by atoms with van der Waals surface area (Å²) < 4.78 is 39.6. The van der Waals surface area contributed by atoms with Crippen molar-refractivity contribution in [3.05, 3.63) is 41.7 Å². The molecule has 0 aliphatic carbocycles. The highest BCUT2D eigenvalue weighted by Gasteiger charge is 2.34. The van der Waals surface area contributed by atoms with Crippen molar-refractivity contribution in [1.29, 1.82) is 0 Å². The highest BCUT2D eigenvalue weighted by Crippen LogP contribution is 2.32. The minimum absolute atomic E-state index is 0.0265. The highest BCUT2D eigenvalue weighted by molar-refractivity contribution is 5.89. The van der Waals surface area contributed by atoms with Crippen LogP contribution in [0.5, 0.6) is 0 Å². The van der Waals surface area contributed by atoms with E-state index in [0.29, 0.717) is 42.6 Å². The van der Waals surface area contributed by atoms with E-state index in [-0.39, 0.29) is 19.0 Å². The number of pyridine rings is 2. The summed E-state index contributed by atoms with van der Waals surface area (Å²) in [5.41, 5.74) is 0.0255. The number of piperidine rings is 1. The summed E-state index contributed by atoms with van der Waals surface area (Å²) >= 11 is 0. The van der Waals surface area contributed by atoms with Crippen molar-refractivity contribution in [2.24, 2.45) is 5.92 Å². The fraction of sp³-hybridized carbons (Fsp3) is 0.476. The van der Waals surface area contributed by atoms with Crippen molar-refractivity contribution in [1.82, 2.24) is 15.3 Å². The lowest BCUT2D eigenvalue weighted by Gasteiger charge is -2.33. The number of carbonyl (C=O) groups excluding carboxylic acids is 1. The third kappa shape index (κ3) is 6.46. The molecule has 2 amide bonds. The van der Waals surface area contributed by atoms with Gasteiger partial charge in [-0.3, -0.25) is 0 Å². The normalized spacial score (nSPS) is 14.8. The number of rotatable bonds is 7. The van der Waals surface area contributed by atoms with E-state index in [9.17, 15) is 18.0 Å². The molecule has 0 atom stereocenters. The number of carbonyl (C=O) groups is 1. The van der Waals surface area contributed by atoms with Crippen molar-refractivity contribution in [3.63, 3.8) is 0 Å². The van der Waals surface area contributed by atoms with Crippen LogP contribution in [-0.4, -0.2) is 47.3 Å². The van der Waals surface area contributed by atoms with E-state index in [1.807, 2.05) is 4.90 Å². The minimum Gasteiger partial charge on any atom is -0.395 e. The van der Waals surface area contributed by atoms with Gasteiger partial charge in [0.2, 0.25) is 0 Å².